The number of nitrogens with zero attached hydrogens (tertiary/aromatic N) is 3. The summed E-state index contributed by atoms with van der Waals surface area (Å²) in [4.78, 5) is 2.42. The van der Waals surface area contributed by atoms with E-state index in [1.54, 1.807) is 5.06 Å². The predicted octanol–water partition coefficient (Wildman–Crippen LogP) is 1.22. The van der Waals surface area contributed by atoms with Gasteiger partial charge in [0.15, 0.2) is 0 Å². The summed E-state index contributed by atoms with van der Waals surface area (Å²) in [6.45, 7) is 12.0. The Balaban J connectivity index is 2.06. The molecule has 0 bridgehead atoms. The summed E-state index contributed by atoms with van der Waals surface area (Å²) in [5, 5.41) is 11.9. The summed E-state index contributed by atoms with van der Waals surface area (Å²) in [5.41, 5.74) is -0.146. The molecule has 0 amide bonds. The van der Waals surface area contributed by atoms with Crippen molar-refractivity contribution in [1.29, 1.82) is 0 Å². The van der Waals surface area contributed by atoms with Crippen molar-refractivity contribution in [1.82, 2.24) is 13.9 Å². The van der Waals surface area contributed by atoms with E-state index in [4.69, 9.17) is 0 Å². The van der Waals surface area contributed by atoms with Crippen molar-refractivity contribution < 1.29 is 5.21 Å². The molecule has 0 aromatic heterocycles. The van der Waals surface area contributed by atoms with Gasteiger partial charge in [-0.25, -0.2) is 0 Å². The van der Waals surface area contributed by atoms with Crippen LogP contribution in [0.25, 0.3) is 0 Å². The van der Waals surface area contributed by atoms with E-state index >= 15 is 0 Å². The van der Waals surface area contributed by atoms with Crippen molar-refractivity contribution in [3.8, 4) is 0 Å². The fourth-order valence-corrected chi connectivity index (χ4v) is 6.46. The van der Waals surface area contributed by atoms with Crippen LogP contribution in [0.1, 0.15) is 40.5 Å². The Labute approximate surface area is 118 Å². The maximum absolute atomic E-state index is 10.3. The third-order valence-corrected chi connectivity index (χ3v) is 6.75. The molecule has 0 aromatic rings. The Hall–Kier alpha value is 0.359. The van der Waals surface area contributed by atoms with Gasteiger partial charge in [-0.1, -0.05) is 0 Å². The van der Waals surface area contributed by atoms with E-state index in [1.807, 2.05) is 0 Å². The van der Waals surface area contributed by atoms with Gasteiger partial charge in [0.25, 0.3) is 0 Å². The summed E-state index contributed by atoms with van der Waals surface area (Å²) in [6.07, 6.45) is 2.55. The van der Waals surface area contributed by atoms with Crippen LogP contribution in [0.4, 0.5) is 0 Å². The molecule has 2 fully saturated rings. The first kappa shape index (κ1) is 14.8. The third kappa shape index (κ3) is 2.92. The van der Waals surface area contributed by atoms with Gasteiger partial charge in [0.2, 0.25) is 0 Å². The first-order valence-electron chi connectivity index (χ1n) is 6.86. The first-order chi connectivity index (χ1) is 8.22. The van der Waals surface area contributed by atoms with Crippen LogP contribution in [0.2, 0.25) is 0 Å². The van der Waals surface area contributed by atoms with Crippen molar-refractivity contribution >= 4 is 15.2 Å². The van der Waals surface area contributed by atoms with E-state index < -0.39 is 0 Å². The van der Waals surface area contributed by atoms with Crippen molar-refractivity contribution in [2.45, 2.75) is 56.6 Å². The molecular weight excluding hydrogens is 293 g/mol. The molecule has 2 aliphatic heterocycles. The molecule has 2 rings (SSSR count). The van der Waals surface area contributed by atoms with E-state index in [9.17, 15) is 5.21 Å². The van der Waals surface area contributed by atoms with Crippen LogP contribution in [0, 0.1) is 0 Å². The Morgan fingerprint density at radius 1 is 1.11 bits per heavy atom. The van der Waals surface area contributed by atoms with Crippen LogP contribution < -0.4 is 0 Å². The topological polar surface area (TPSA) is 30.0 Å². The van der Waals surface area contributed by atoms with Crippen molar-refractivity contribution in [2.24, 2.45) is 0 Å². The summed E-state index contributed by atoms with van der Waals surface area (Å²) < 4.78 is 2.56. The Bertz CT molecular complexity index is 283. The van der Waals surface area contributed by atoms with E-state index in [0.717, 1.165) is 6.54 Å². The summed E-state index contributed by atoms with van der Waals surface area (Å²) >= 11 is 0.331. The van der Waals surface area contributed by atoms with Crippen molar-refractivity contribution in [3.05, 3.63) is 0 Å². The first-order valence-corrected chi connectivity index (χ1v) is 8.48. The van der Waals surface area contributed by atoms with E-state index in [2.05, 4.69) is 43.6 Å². The molecule has 5 heteroatoms. The maximum atomic E-state index is 10.3. The van der Waals surface area contributed by atoms with Gasteiger partial charge in [0, 0.05) is 0 Å². The fourth-order valence-electron chi connectivity index (χ4n) is 3.02. The molecule has 0 aromatic carbocycles. The molecule has 0 spiro atoms. The second kappa shape index (κ2) is 5.04. The van der Waals surface area contributed by atoms with Gasteiger partial charge < -0.3 is 0 Å². The zero-order valence-electron chi connectivity index (χ0n) is 12.3. The van der Waals surface area contributed by atoms with Crippen LogP contribution >= 0.6 is 0 Å². The average molecular weight is 320 g/mol. The van der Waals surface area contributed by atoms with Crippen LogP contribution in [0.15, 0.2) is 0 Å². The monoisotopic (exact) mass is 321 g/mol. The van der Waals surface area contributed by atoms with E-state index in [1.165, 1.54) is 25.9 Å². The molecule has 2 heterocycles. The SMILES string of the molecule is CN1CCC(N2CC(C)(C)N(O)C(C)(C)[Se]2)CC1. The van der Waals surface area contributed by atoms with Gasteiger partial charge in [-0.3, -0.25) is 0 Å². The summed E-state index contributed by atoms with van der Waals surface area (Å²) in [6, 6.07) is 0.716. The predicted molar refractivity (Wildman–Crippen MR) is 74.8 cm³/mol. The quantitative estimate of drug-likeness (QED) is 0.736. The third-order valence-electron chi connectivity index (χ3n) is 4.06. The number of rotatable bonds is 1. The van der Waals surface area contributed by atoms with Crippen LogP contribution in [-0.2, 0) is 0 Å². The standard InChI is InChI=1S/C13H27N3OSe/c1-12(2)10-15(18-13(3,4)16(12)17)11-6-8-14(5)9-7-11/h11,17H,6-10H2,1-5H3. The number of hydrogen-bond acceptors (Lipinski definition) is 4. The van der Waals surface area contributed by atoms with Crippen molar-refractivity contribution in [2.75, 3.05) is 26.7 Å². The van der Waals surface area contributed by atoms with Crippen LogP contribution in [-0.4, -0.2) is 77.0 Å². The summed E-state index contributed by atoms with van der Waals surface area (Å²) in [7, 11) is 2.21. The molecule has 0 saturated carbocycles. The molecule has 0 radical (unpaired) electrons. The van der Waals surface area contributed by atoms with E-state index in [0.29, 0.717) is 21.2 Å². The Kier molecular flexibility index (Phi) is 4.13. The zero-order valence-corrected chi connectivity index (χ0v) is 14.0. The molecular formula is C13H27N3OSe. The Morgan fingerprint density at radius 2 is 1.67 bits per heavy atom. The zero-order chi connectivity index (χ0) is 13.6. The van der Waals surface area contributed by atoms with Crippen molar-refractivity contribution in [3.63, 3.8) is 0 Å². The van der Waals surface area contributed by atoms with E-state index in [-0.39, 0.29) is 9.98 Å². The molecule has 1 N–H and O–H groups in total. The summed E-state index contributed by atoms with van der Waals surface area (Å²) in [5.74, 6) is 0. The number of likely N-dealkylation sites (tertiary alicyclic amines) is 1. The molecule has 2 saturated heterocycles. The fraction of sp³-hybridized carbons (Fsp3) is 1.00. The molecule has 0 unspecified atom stereocenters. The number of hydrogen-bond donors (Lipinski definition) is 1. The minimum absolute atomic E-state index is 0.0991. The molecule has 18 heavy (non-hydrogen) atoms. The van der Waals surface area contributed by atoms with Gasteiger partial charge in [-0.2, -0.15) is 0 Å². The van der Waals surface area contributed by atoms with Gasteiger partial charge in [0.1, 0.15) is 0 Å². The Morgan fingerprint density at radius 3 is 2.17 bits per heavy atom. The second-order valence-electron chi connectivity index (χ2n) is 6.77. The van der Waals surface area contributed by atoms with Gasteiger partial charge in [-0.05, 0) is 0 Å². The normalized spacial score (nSPS) is 31.7. The number of piperidine rings is 1. The molecule has 106 valence electrons. The van der Waals surface area contributed by atoms with Crippen LogP contribution in [0.5, 0.6) is 0 Å². The molecule has 0 atom stereocenters. The van der Waals surface area contributed by atoms with Crippen LogP contribution in [0.3, 0.4) is 0 Å². The van der Waals surface area contributed by atoms with Gasteiger partial charge >= 0.3 is 117 Å². The molecule has 4 nitrogen and oxygen atoms in total. The molecule has 2 aliphatic rings. The number of hydroxylamine groups is 2. The average Bonchev–Trinajstić information content (AvgIpc) is 2.26. The second-order valence-corrected chi connectivity index (χ2v) is 10.2. The minimum atomic E-state index is -0.146. The molecule has 0 aliphatic carbocycles. The van der Waals surface area contributed by atoms with Gasteiger partial charge in [-0.15, -0.1) is 0 Å². The van der Waals surface area contributed by atoms with Gasteiger partial charge in [0.05, 0.1) is 0 Å².